The highest BCUT2D eigenvalue weighted by Gasteiger charge is 2.34. The molecule has 0 spiro atoms. The number of hydrazine groups is 1. The van der Waals surface area contributed by atoms with E-state index in [4.69, 9.17) is 16.3 Å². The van der Waals surface area contributed by atoms with E-state index in [1.165, 1.54) is 30.3 Å². The quantitative estimate of drug-likeness (QED) is 0.496. The number of hydrogen-bond donors (Lipinski definition) is 1. The van der Waals surface area contributed by atoms with E-state index in [1.54, 1.807) is 24.3 Å². The van der Waals surface area contributed by atoms with Gasteiger partial charge >= 0.3 is 0 Å². The highest BCUT2D eigenvalue weighted by molar-refractivity contribution is 6.32. The van der Waals surface area contributed by atoms with Gasteiger partial charge in [-0.1, -0.05) is 24.3 Å². The third-order valence-electron chi connectivity index (χ3n) is 3.60. The minimum Gasteiger partial charge on any atom is -0.489 e. The number of halogens is 2. The topological polar surface area (TPSA) is 58.6 Å². The summed E-state index contributed by atoms with van der Waals surface area (Å²) in [6.07, 6.45) is 2.99. The van der Waals surface area contributed by atoms with Crippen molar-refractivity contribution in [3.63, 3.8) is 0 Å². The van der Waals surface area contributed by atoms with Gasteiger partial charge in [-0.3, -0.25) is 15.0 Å². The molecular weight excluding hydrogens is 359 g/mol. The molecule has 0 bridgehead atoms. The molecule has 1 N–H and O–H groups in total. The summed E-state index contributed by atoms with van der Waals surface area (Å²) in [5.74, 6) is -1.11. The Morgan fingerprint density at radius 1 is 1.19 bits per heavy atom. The van der Waals surface area contributed by atoms with Gasteiger partial charge in [0.2, 0.25) is 0 Å². The first-order valence-corrected chi connectivity index (χ1v) is 8.03. The van der Waals surface area contributed by atoms with E-state index < -0.39 is 17.6 Å². The molecule has 0 saturated carbocycles. The Balaban J connectivity index is 1.95. The van der Waals surface area contributed by atoms with Crippen LogP contribution >= 0.6 is 11.6 Å². The number of carbonyl (C=O) groups is 2. The van der Waals surface area contributed by atoms with Crippen molar-refractivity contribution in [3.8, 4) is 5.75 Å². The number of hydrogen-bond acceptors (Lipinski definition) is 3. The molecule has 0 aliphatic carbocycles. The Bertz CT molecular complexity index is 910. The second kappa shape index (κ2) is 7.41. The number of carbonyl (C=O) groups excluding carboxylic acids is 2. The van der Waals surface area contributed by atoms with Crippen molar-refractivity contribution in [1.82, 2.24) is 5.43 Å². The summed E-state index contributed by atoms with van der Waals surface area (Å²) in [6.45, 7) is 3.85. The van der Waals surface area contributed by atoms with Crippen molar-refractivity contribution in [2.45, 2.75) is 0 Å². The SMILES string of the molecule is C=CCOc1ccc(Cl)cc1/C=C1/C(=O)NN(c2ccc(F)cc2)C1=O. The maximum absolute atomic E-state index is 13.1. The summed E-state index contributed by atoms with van der Waals surface area (Å²) >= 11 is 6.01. The Morgan fingerprint density at radius 2 is 1.92 bits per heavy atom. The zero-order valence-corrected chi connectivity index (χ0v) is 14.3. The smallest absolute Gasteiger partial charge is 0.282 e. The summed E-state index contributed by atoms with van der Waals surface area (Å²) in [6, 6.07) is 10.1. The minimum absolute atomic E-state index is 0.0833. The van der Waals surface area contributed by atoms with E-state index in [1.807, 2.05) is 0 Å². The normalized spacial score (nSPS) is 15.3. The molecule has 2 amide bonds. The van der Waals surface area contributed by atoms with Gasteiger partial charge < -0.3 is 4.74 Å². The Labute approximate surface area is 154 Å². The van der Waals surface area contributed by atoms with E-state index in [2.05, 4.69) is 12.0 Å². The van der Waals surface area contributed by atoms with Crippen LogP contribution < -0.4 is 15.2 Å². The van der Waals surface area contributed by atoms with Gasteiger partial charge in [0.25, 0.3) is 11.8 Å². The van der Waals surface area contributed by atoms with E-state index in [-0.39, 0.29) is 12.2 Å². The average Bonchev–Trinajstić information content (AvgIpc) is 2.90. The highest BCUT2D eigenvalue weighted by atomic mass is 35.5. The van der Waals surface area contributed by atoms with Crippen molar-refractivity contribution in [3.05, 3.63) is 77.1 Å². The largest absolute Gasteiger partial charge is 0.489 e. The molecule has 7 heteroatoms. The fourth-order valence-electron chi connectivity index (χ4n) is 2.40. The standard InChI is InChI=1S/C19H14ClFN2O3/c1-2-9-26-17-8-3-13(20)10-12(17)11-16-18(24)22-23(19(16)25)15-6-4-14(21)5-7-15/h2-8,10-11H,1,9H2,(H,22,24)/b16-11-. The molecule has 26 heavy (non-hydrogen) atoms. The lowest BCUT2D eigenvalue weighted by Gasteiger charge is -2.14. The van der Waals surface area contributed by atoms with E-state index >= 15 is 0 Å². The van der Waals surface area contributed by atoms with Gasteiger partial charge in [-0.15, -0.1) is 0 Å². The highest BCUT2D eigenvalue weighted by Crippen LogP contribution is 2.28. The minimum atomic E-state index is -0.575. The molecule has 0 radical (unpaired) electrons. The average molecular weight is 373 g/mol. The van der Waals surface area contributed by atoms with Crippen molar-refractivity contribution in [2.75, 3.05) is 11.6 Å². The van der Waals surface area contributed by atoms with Crippen LogP contribution in [-0.2, 0) is 9.59 Å². The fourth-order valence-corrected chi connectivity index (χ4v) is 2.58. The summed E-state index contributed by atoms with van der Waals surface area (Å²) in [5, 5.41) is 1.49. The Hall–Kier alpha value is -3.12. The van der Waals surface area contributed by atoms with Crippen LogP contribution in [0.3, 0.4) is 0 Å². The molecule has 1 heterocycles. The number of rotatable bonds is 5. The summed E-state index contributed by atoms with van der Waals surface area (Å²) in [5.41, 5.74) is 3.20. The van der Waals surface area contributed by atoms with Gasteiger partial charge in [-0.05, 0) is 48.5 Å². The van der Waals surface area contributed by atoms with E-state index in [0.29, 0.717) is 22.0 Å². The van der Waals surface area contributed by atoms with Crippen LogP contribution in [0.4, 0.5) is 10.1 Å². The lowest BCUT2D eigenvalue weighted by atomic mass is 10.1. The number of benzene rings is 2. The number of nitrogens with zero attached hydrogens (tertiary/aromatic N) is 1. The maximum atomic E-state index is 13.1. The lowest BCUT2D eigenvalue weighted by Crippen LogP contribution is -2.35. The van der Waals surface area contributed by atoms with Crippen LogP contribution in [0, 0.1) is 5.82 Å². The number of amides is 2. The molecule has 3 rings (SSSR count). The predicted octanol–water partition coefficient (Wildman–Crippen LogP) is 3.51. The molecule has 1 fully saturated rings. The molecule has 5 nitrogen and oxygen atoms in total. The molecular formula is C19H14ClFN2O3. The number of ether oxygens (including phenoxy) is 1. The van der Waals surface area contributed by atoms with Crippen molar-refractivity contribution >= 4 is 35.2 Å². The van der Waals surface area contributed by atoms with Crippen LogP contribution in [0.1, 0.15) is 5.56 Å². The number of anilines is 1. The second-order valence-electron chi connectivity index (χ2n) is 5.40. The molecule has 0 unspecified atom stereocenters. The van der Waals surface area contributed by atoms with Gasteiger partial charge in [-0.2, -0.15) is 0 Å². The van der Waals surface area contributed by atoms with E-state index in [0.717, 1.165) is 5.01 Å². The van der Waals surface area contributed by atoms with Crippen LogP contribution in [0.2, 0.25) is 5.02 Å². The summed E-state index contributed by atoms with van der Waals surface area (Å²) in [7, 11) is 0. The first-order valence-electron chi connectivity index (χ1n) is 7.65. The molecule has 132 valence electrons. The number of nitrogens with one attached hydrogen (secondary N) is 1. The third kappa shape index (κ3) is 3.60. The molecule has 0 aromatic heterocycles. The monoisotopic (exact) mass is 372 g/mol. The third-order valence-corrected chi connectivity index (χ3v) is 3.84. The fraction of sp³-hybridized carbons (Fsp3) is 0.0526. The zero-order chi connectivity index (χ0) is 18.7. The van der Waals surface area contributed by atoms with Crippen molar-refractivity contribution in [1.29, 1.82) is 0 Å². The van der Waals surface area contributed by atoms with Crippen LogP contribution in [0.15, 0.2) is 60.7 Å². The van der Waals surface area contributed by atoms with Crippen molar-refractivity contribution < 1.29 is 18.7 Å². The first kappa shape index (κ1) is 17.7. The molecule has 1 aliphatic heterocycles. The Morgan fingerprint density at radius 3 is 2.62 bits per heavy atom. The second-order valence-corrected chi connectivity index (χ2v) is 5.83. The zero-order valence-electron chi connectivity index (χ0n) is 13.5. The predicted molar refractivity (Wildman–Crippen MR) is 97.1 cm³/mol. The van der Waals surface area contributed by atoms with Gasteiger partial charge in [0.05, 0.1) is 5.69 Å². The molecule has 2 aromatic carbocycles. The van der Waals surface area contributed by atoms with Crippen molar-refractivity contribution in [2.24, 2.45) is 0 Å². The van der Waals surface area contributed by atoms with E-state index in [9.17, 15) is 14.0 Å². The van der Waals surface area contributed by atoms with Crippen LogP contribution in [0.5, 0.6) is 5.75 Å². The van der Waals surface area contributed by atoms with Crippen LogP contribution in [0.25, 0.3) is 6.08 Å². The van der Waals surface area contributed by atoms with Crippen LogP contribution in [-0.4, -0.2) is 18.4 Å². The van der Waals surface area contributed by atoms with Gasteiger partial charge in [-0.25, -0.2) is 9.40 Å². The lowest BCUT2D eigenvalue weighted by molar-refractivity contribution is -0.117. The summed E-state index contributed by atoms with van der Waals surface area (Å²) < 4.78 is 18.6. The van der Waals surface area contributed by atoms with Gasteiger partial charge in [0.1, 0.15) is 23.7 Å². The maximum Gasteiger partial charge on any atom is 0.282 e. The molecule has 2 aromatic rings. The van der Waals surface area contributed by atoms with Gasteiger partial charge in [0.15, 0.2) is 0 Å². The molecule has 1 aliphatic rings. The summed E-state index contributed by atoms with van der Waals surface area (Å²) in [4.78, 5) is 24.9. The van der Waals surface area contributed by atoms with Gasteiger partial charge in [0, 0.05) is 10.6 Å². The molecule has 1 saturated heterocycles. The first-order chi connectivity index (χ1) is 12.5. The Kier molecular flexibility index (Phi) is 5.04. The molecule has 0 atom stereocenters.